The summed E-state index contributed by atoms with van der Waals surface area (Å²) in [6.07, 6.45) is 3.85. The number of nitrogens with zero attached hydrogens (tertiary/aromatic N) is 3. The number of rotatable bonds is 9. The second-order valence-corrected chi connectivity index (χ2v) is 12.5. The zero-order chi connectivity index (χ0) is 31.6. The van der Waals surface area contributed by atoms with Crippen molar-refractivity contribution in [3.63, 3.8) is 0 Å². The average Bonchev–Trinajstić information content (AvgIpc) is 3.81. The third-order valence-corrected chi connectivity index (χ3v) is 9.63. The fourth-order valence-corrected chi connectivity index (χ4v) is 7.50. The number of ether oxygens (including phenoxy) is 2. The van der Waals surface area contributed by atoms with Crippen LogP contribution in [0.3, 0.4) is 0 Å². The highest BCUT2D eigenvalue weighted by molar-refractivity contribution is 7.10. The van der Waals surface area contributed by atoms with Gasteiger partial charge in [-0.15, -0.1) is 11.3 Å². The minimum Gasteiger partial charge on any atom is -0.489 e. The molecule has 0 bridgehead atoms. The summed E-state index contributed by atoms with van der Waals surface area (Å²) in [5, 5.41) is 2.90. The van der Waals surface area contributed by atoms with Gasteiger partial charge in [0.1, 0.15) is 12.6 Å². The van der Waals surface area contributed by atoms with Gasteiger partial charge in [-0.1, -0.05) is 78.1 Å². The summed E-state index contributed by atoms with van der Waals surface area (Å²) >= 11 is 2.76. The number of carbonyl (C=O) groups is 1. The van der Waals surface area contributed by atoms with Crippen LogP contribution in [0.4, 0.5) is 4.39 Å². The number of benzene rings is 3. The van der Waals surface area contributed by atoms with Crippen LogP contribution in [-0.2, 0) is 16.1 Å². The molecule has 0 spiro atoms. The molecular weight excluding hydrogens is 622 g/mol. The van der Waals surface area contributed by atoms with Crippen LogP contribution in [0.1, 0.15) is 29.0 Å². The Morgan fingerprint density at radius 2 is 1.78 bits per heavy atom. The summed E-state index contributed by atoms with van der Waals surface area (Å²) in [6.45, 7) is 2.70. The van der Waals surface area contributed by atoms with Crippen molar-refractivity contribution in [3.8, 4) is 5.75 Å². The molecule has 0 fully saturated rings. The van der Waals surface area contributed by atoms with Crippen molar-refractivity contribution in [2.24, 2.45) is 4.99 Å². The lowest BCUT2D eigenvalue weighted by Crippen LogP contribution is -2.39. The van der Waals surface area contributed by atoms with Crippen molar-refractivity contribution in [2.45, 2.75) is 19.5 Å². The van der Waals surface area contributed by atoms with E-state index in [0.29, 0.717) is 27.1 Å². The van der Waals surface area contributed by atoms with Gasteiger partial charge in [0.25, 0.3) is 5.56 Å². The van der Waals surface area contributed by atoms with E-state index in [1.165, 1.54) is 28.7 Å². The molecule has 1 atom stereocenters. The van der Waals surface area contributed by atoms with Gasteiger partial charge >= 0.3 is 5.97 Å². The third-order valence-electron chi connectivity index (χ3n) is 7.72. The number of hydrogen-bond donors (Lipinski definition) is 0. The smallest absolute Gasteiger partial charge is 0.338 e. The van der Waals surface area contributed by atoms with Gasteiger partial charge in [-0.25, -0.2) is 14.2 Å². The SMILES string of the molecule is CCOC(=O)C1=C(c2ccccc2)N=c2s/c(=C\c3cn(CCOc4ccccc4F)c4ccccc34)c(=O)n2[C@H]1c1cccs1. The van der Waals surface area contributed by atoms with Gasteiger partial charge in [-0.3, -0.25) is 9.36 Å². The number of hydrogen-bond acceptors (Lipinski definition) is 7. The Hall–Kier alpha value is -5.06. The molecule has 7 nitrogen and oxygen atoms in total. The fourth-order valence-electron chi connectivity index (χ4n) is 5.69. The highest BCUT2D eigenvalue weighted by Gasteiger charge is 2.35. The summed E-state index contributed by atoms with van der Waals surface area (Å²) in [7, 11) is 0. The Bertz CT molecular complexity index is 2270. The van der Waals surface area contributed by atoms with Crippen LogP contribution >= 0.6 is 22.7 Å². The summed E-state index contributed by atoms with van der Waals surface area (Å²) in [6, 6.07) is 26.9. The van der Waals surface area contributed by atoms with E-state index in [9.17, 15) is 14.0 Å². The molecule has 0 unspecified atom stereocenters. The average molecular weight is 650 g/mol. The van der Waals surface area contributed by atoms with E-state index in [1.54, 1.807) is 29.7 Å². The van der Waals surface area contributed by atoms with Crippen LogP contribution in [-0.4, -0.2) is 28.3 Å². The topological polar surface area (TPSA) is 74.8 Å². The number of thiazole rings is 1. The standard InChI is InChI=1S/C36H28FN3O4S2/c1-2-43-35(42)31-32(23-11-4-3-5-12-23)38-36-40(33(31)29-17-10-20-45-29)34(41)30(46-36)21-24-22-39(27-15-8-6-13-25(24)27)18-19-44-28-16-9-7-14-26(28)37/h3-17,20-22,33H,2,18-19H2,1H3/b30-21-/t33-/m0/s1. The van der Waals surface area contributed by atoms with Crippen LogP contribution in [0.25, 0.3) is 22.7 Å². The fraction of sp³-hybridized carbons (Fsp3) is 0.139. The molecule has 7 rings (SSSR count). The van der Waals surface area contributed by atoms with E-state index in [2.05, 4.69) is 0 Å². The first kappa shape index (κ1) is 29.6. The number of fused-ring (bicyclic) bond motifs is 2. The van der Waals surface area contributed by atoms with Gasteiger partial charge in [0.2, 0.25) is 0 Å². The van der Waals surface area contributed by atoms with Crippen molar-refractivity contribution in [1.29, 1.82) is 0 Å². The van der Waals surface area contributed by atoms with Crippen molar-refractivity contribution in [1.82, 2.24) is 9.13 Å². The Morgan fingerprint density at radius 3 is 2.57 bits per heavy atom. The summed E-state index contributed by atoms with van der Waals surface area (Å²) in [5.74, 6) is -0.700. The Labute approximate surface area is 271 Å². The van der Waals surface area contributed by atoms with Gasteiger partial charge < -0.3 is 14.0 Å². The number of halogens is 1. The van der Waals surface area contributed by atoms with E-state index in [-0.39, 0.29) is 24.5 Å². The molecule has 46 heavy (non-hydrogen) atoms. The Balaban J connectivity index is 1.35. The van der Waals surface area contributed by atoms with Crippen molar-refractivity contribution in [2.75, 3.05) is 13.2 Å². The first-order chi connectivity index (χ1) is 22.5. The predicted molar refractivity (Wildman–Crippen MR) is 179 cm³/mol. The second-order valence-electron chi connectivity index (χ2n) is 10.5. The maximum atomic E-state index is 14.2. The molecule has 0 amide bonds. The minimum atomic E-state index is -0.690. The largest absolute Gasteiger partial charge is 0.489 e. The summed E-state index contributed by atoms with van der Waals surface area (Å²) in [4.78, 5) is 34.1. The summed E-state index contributed by atoms with van der Waals surface area (Å²) < 4.78 is 29.5. The van der Waals surface area contributed by atoms with Gasteiger partial charge in [0.05, 0.1) is 29.0 Å². The van der Waals surface area contributed by atoms with Gasteiger partial charge in [-0.2, -0.15) is 0 Å². The molecular formula is C36H28FN3O4S2. The molecule has 4 heterocycles. The molecule has 1 aliphatic rings. The predicted octanol–water partition coefficient (Wildman–Crippen LogP) is 6.17. The Morgan fingerprint density at radius 1 is 1.00 bits per heavy atom. The molecule has 0 aliphatic carbocycles. The molecule has 0 saturated carbocycles. The molecule has 6 aromatic rings. The van der Waals surface area contributed by atoms with E-state index >= 15 is 0 Å². The van der Waals surface area contributed by atoms with Crippen molar-refractivity contribution in [3.05, 3.63) is 150 Å². The lowest BCUT2D eigenvalue weighted by atomic mass is 9.97. The number of carbonyl (C=O) groups excluding carboxylic acids is 1. The lowest BCUT2D eigenvalue weighted by Gasteiger charge is -2.24. The van der Waals surface area contributed by atoms with Crippen LogP contribution in [0.2, 0.25) is 0 Å². The molecule has 3 aromatic carbocycles. The normalized spacial score (nSPS) is 14.7. The lowest BCUT2D eigenvalue weighted by molar-refractivity contribution is -0.138. The second kappa shape index (κ2) is 12.7. The van der Waals surface area contributed by atoms with Crippen molar-refractivity contribution < 1.29 is 18.7 Å². The number of thiophene rings is 1. The Kier molecular flexibility index (Phi) is 8.21. The highest BCUT2D eigenvalue weighted by atomic mass is 32.1. The van der Waals surface area contributed by atoms with Crippen molar-refractivity contribution >= 4 is 51.3 Å². The van der Waals surface area contributed by atoms with E-state index in [4.69, 9.17) is 14.5 Å². The van der Waals surface area contributed by atoms with Crippen LogP contribution in [0.15, 0.2) is 118 Å². The van der Waals surface area contributed by atoms with Crippen LogP contribution < -0.4 is 19.6 Å². The molecule has 0 N–H and O–H groups in total. The van der Waals surface area contributed by atoms with Crippen LogP contribution in [0.5, 0.6) is 5.75 Å². The molecule has 1 aliphatic heterocycles. The first-order valence-electron chi connectivity index (χ1n) is 14.8. The van der Waals surface area contributed by atoms with E-state index in [1.807, 2.05) is 89.0 Å². The maximum absolute atomic E-state index is 14.2. The molecule has 3 aromatic heterocycles. The van der Waals surface area contributed by atoms with Gasteiger partial charge in [0, 0.05) is 33.1 Å². The number of para-hydroxylation sites is 2. The molecule has 0 radical (unpaired) electrons. The first-order valence-corrected chi connectivity index (χ1v) is 16.5. The van der Waals surface area contributed by atoms with Gasteiger partial charge in [-0.05, 0) is 42.6 Å². The molecule has 0 saturated heterocycles. The highest BCUT2D eigenvalue weighted by Crippen LogP contribution is 2.37. The van der Waals surface area contributed by atoms with Crippen LogP contribution in [0, 0.1) is 5.82 Å². The van der Waals surface area contributed by atoms with E-state index in [0.717, 1.165) is 26.9 Å². The van der Waals surface area contributed by atoms with E-state index < -0.39 is 17.8 Å². The zero-order valence-corrected chi connectivity index (χ0v) is 26.4. The minimum absolute atomic E-state index is 0.196. The monoisotopic (exact) mass is 649 g/mol. The zero-order valence-electron chi connectivity index (χ0n) is 24.8. The quantitative estimate of drug-likeness (QED) is 0.176. The number of aromatic nitrogens is 2. The molecule has 230 valence electrons. The summed E-state index contributed by atoms with van der Waals surface area (Å²) in [5.41, 5.74) is 3.18. The van der Waals surface area contributed by atoms with Gasteiger partial charge in [0.15, 0.2) is 16.4 Å². The maximum Gasteiger partial charge on any atom is 0.338 e. The molecule has 10 heteroatoms. The number of esters is 1. The third kappa shape index (κ3) is 5.50.